The van der Waals surface area contributed by atoms with Crippen LogP contribution in [0.2, 0.25) is 0 Å². The number of ether oxygens (including phenoxy) is 1. The number of nitrogens with zero attached hydrogens (tertiary/aromatic N) is 1. The van der Waals surface area contributed by atoms with Gasteiger partial charge in [0.1, 0.15) is 5.75 Å². The SMILES string of the molecule is COc1cccc(CN(C)C2CCC2CN)c1. The van der Waals surface area contributed by atoms with Gasteiger partial charge >= 0.3 is 0 Å². The highest BCUT2D eigenvalue weighted by Gasteiger charge is 2.32. The molecule has 0 heterocycles. The number of hydrogen-bond donors (Lipinski definition) is 1. The van der Waals surface area contributed by atoms with E-state index >= 15 is 0 Å². The second kappa shape index (κ2) is 5.52. The summed E-state index contributed by atoms with van der Waals surface area (Å²) >= 11 is 0. The molecular weight excluding hydrogens is 212 g/mol. The van der Waals surface area contributed by atoms with Gasteiger partial charge in [-0.05, 0) is 50.0 Å². The van der Waals surface area contributed by atoms with E-state index in [1.165, 1.54) is 18.4 Å². The lowest BCUT2D eigenvalue weighted by atomic mass is 9.78. The van der Waals surface area contributed by atoms with Crippen LogP contribution >= 0.6 is 0 Å². The molecule has 2 atom stereocenters. The molecule has 2 unspecified atom stereocenters. The molecule has 1 aromatic rings. The van der Waals surface area contributed by atoms with E-state index in [1.807, 2.05) is 12.1 Å². The average molecular weight is 234 g/mol. The molecule has 0 amide bonds. The molecule has 2 rings (SSSR count). The molecule has 1 saturated carbocycles. The minimum atomic E-state index is 0.659. The lowest BCUT2D eigenvalue weighted by Crippen LogP contribution is -2.47. The standard InChI is InChI=1S/C14H22N2O/c1-16(14-7-6-12(14)9-15)10-11-4-3-5-13(8-11)17-2/h3-5,8,12,14H,6-7,9-10,15H2,1-2H3. The predicted molar refractivity (Wildman–Crippen MR) is 70.0 cm³/mol. The van der Waals surface area contributed by atoms with Crippen LogP contribution in [0.4, 0.5) is 0 Å². The van der Waals surface area contributed by atoms with Crippen molar-refractivity contribution in [1.82, 2.24) is 4.90 Å². The first kappa shape index (κ1) is 12.4. The van der Waals surface area contributed by atoms with Crippen LogP contribution in [0.3, 0.4) is 0 Å². The molecule has 0 bridgehead atoms. The summed E-state index contributed by atoms with van der Waals surface area (Å²) in [6.07, 6.45) is 2.56. The summed E-state index contributed by atoms with van der Waals surface area (Å²) in [5.41, 5.74) is 7.05. The van der Waals surface area contributed by atoms with Crippen molar-refractivity contribution >= 4 is 0 Å². The van der Waals surface area contributed by atoms with Crippen molar-refractivity contribution in [2.24, 2.45) is 11.7 Å². The lowest BCUT2D eigenvalue weighted by molar-refractivity contribution is 0.0837. The zero-order valence-electron chi connectivity index (χ0n) is 10.7. The van der Waals surface area contributed by atoms with Crippen molar-refractivity contribution in [3.05, 3.63) is 29.8 Å². The number of hydrogen-bond acceptors (Lipinski definition) is 3. The van der Waals surface area contributed by atoms with E-state index in [9.17, 15) is 0 Å². The third-order valence-electron chi connectivity index (χ3n) is 3.81. The molecule has 0 aliphatic heterocycles. The lowest BCUT2D eigenvalue weighted by Gasteiger charge is -2.42. The van der Waals surface area contributed by atoms with Crippen LogP contribution in [0, 0.1) is 5.92 Å². The van der Waals surface area contributed by atoms with Crippen molar-refractivity contribution in [2.45, 2.75) is 25.4 Å². The first-order valence-corrected chi connectivity index (χ1v) is 6.28. The Morgan fingerprint density at radius 2 is 2.24 bits per heavy atom. The molecular formula is C14H22N2O. The summed E-state index contributed by atoms with van der Waals surface area (Å²) in [7, 11) is 3.89. The topological polar surface area (TPSA) is 38.5 Å². The summed E-state index contributed by atoms with van der Waals surface area (Å²) in [6, 6.07) is 8.94. The highest BCUT2D eigenvalue weighted by Crippen LogP contribution is 2.31. The molecule has 0 saturated heterocycles. The van der Waals surface area contributed by atoms with Crippen LogP contribution in [-0.4, -0.2) is 31.6 Å². The maximum atomic E-state index is 5.75. The largest absolute Gasteiger partial charge is 0.497 e. The van der Waals surface area contributed by atoms with E-state index in [0.29, 0.717) is 12.0 Å². The highest BCUT2D eigenvalue weighted by molar-refractivity contribution is 5.28. The van der Waals surface area contributed by atoms with Gasteiger partial charge in [-0.2, -0.15) is 0 Å². The molecule has 94 valence electrons. The normalized spacial score (nSPS) is 23.5. The van der Waals surface area contributed by atoms with Gasteiger partial charge in [-0.1, -0.05) is 12.1 Å². The fourth-order valence-corrected chi connectivity index (χ4v) is 2.58. The van der Waals surface area contributed by atoms with Crippen LogP contribution in [-0.2, 0) is 6.54 Å². The Labute approximate surface area is 104 Å². The van der Waals surface area contributed by atoms with Gasteiger partial charge < -0.3 is 10.5 Å². The molecule has 1 fully saturated rings. The van der Waals surface area contributed by atoms with Crippen LogP contribution in [0.1, 0.15) is 18.4 Å². The van der Waals surface area contributed by atoms with Crippen molar-refractivity contribution in [2.75, 3.05) is 20.7 Å². The molecule has 3 heteroatoms. The number of nitrogens with two attached hydrogens (primary N) is 1. The number of rotatable bonds is 5. The summed E-state index contributed by atoms with van der Waals surface area (Å²) in [4.78, 5) is 2.41. The maximum absolute atomic E-state index is 5.75. The van der Waals surface area contributed by atoms with Gasteiger partial charge in [-0.15, -0.1) is 0 Å². The Morgan fingerprint density at radius 1 is 1.41 bits per heavy atom. The number of benzene rings is 1. The molecule has 0 aromatic heterocycles. The van der Waals surface area contributed by atoms with Crippen molar-refractivity contribution in [3.63, 3.8) is 0 Å². The fraction of sp³-hybridized carbons (Fsp3) is 0.571. The van der Waals surface area contributed by atoms with Gasteiger partial charge in [0.25, 0.3) is 0 Å². The number of methoxy groups -OCH3 is 1. The van der Waals surface area contributed by atoms with Gasteiger partial charge in [0, 0.05) is 12.6 Å². The predicted octanol–water partition coefficient (Wildman–Crippen LogP) is 1.86. The molecule has 1 aliphatic carbocycles. The van der Waals surface area contributed by atoms with Crippen LogP contribution in [0.25, 0.3) is 0 Å². The first-order valence-electron chi connectivity index (χ1n) is 6.28. The maximum Gasteiger partial charge on any atom is 0.119 e. The van der Waals surface area contributed by atoms with Crippen molar-refractivity contribution in [1.29, 1.82) is 0 Å². The van der Waals surface area contributed by atoms with E-state index in [2.05, 4.69) is 24.1 Å². The Hall–Kier alpha value is -1.06. The molecule has 17 heavy (non-hydrogen) atoms. The molecule has 1 aromatic carbocycles. The minimum Gasteiger partial charge on any atom is -0.497 e. The van der Waals surface area contributed by atoms with Gasteiger partial charge in [0.05, 0.1) is 7.11 Å². The van der Waals surface area contributed by atoms with E-state index in [1.54, 1.807) is 7.11 Å². The molecule has 1 aliphatic rings. The monoisotopic (exact) mass is 234 g/mol. The van der Waals surface area contributed by atoms with Crippen LogP contribution in [0.15, 0.2) is 24.3 Å². The second-order valence-corrected chi connectivity index (χ2v) is 4.91. The zero-order valence-corrected chi connectivity index (χ0v) is 10.7. The van der Waals surface area contributed by atoms with Crippen LogP contribution < -0.4 is 10.5 Å². The van der Waals surface area contributed by atoms with Crippen molar-refractivity contribution in [3.8, 4) is 5.75 Å². The minimum absolute atomic E-state index is 0.659. The third kappa shape index (κ3) is 2.79. The van der Waals surface area contributed by atoms with E-state index in [-0.39, 0.29) is 0 Å². The Balaban J connectivity index is 1.95. The molecule has 0 radical (unpaired) electrons. The molecule has 2 N–H and O–H groups in total. The van der Waals surface area contributed by atoms with Crippen molar-refractivity contribution < 1.29 is 4.74 Å². The Kier molecular flexibility index (Phi) is 4.02. The van der Waals surface area contributed by atoms with Gasteiger partial charge in [-0.25, -0.2) is 0 Å². The molecule has 0 spiro atoms. The van der Waals surface area contributed by atoms with Gasteiger partial charge in [-0.3, -0.25) is 4.90 Å². The summed E-state index contributed by atoms with van der Waals surface area (Å²) in [6.45, 7) is 1.78. The zero-order chi connectivity index (χ0) is 12.3. The fourth-order valence-electron chi connectivity index (χ4n) is 2.58. The van der Waals surface area contributed by atoms with E-state index in [4.69, 9.17) is 10.5 Å². The van der Waals surface area contributed by atoms with Gasteiger partial charge in [0.15, 0.2) is 0 Å². The highest BCUT2D eigenvalue weighted by atomic mass is 16.5. The second-order valence-electron chi connectivity index (χ2n) is 4.91. The van der Waals surface area contributed by atoms with E-state index < -0.39 is 0 Å². The summed E-state index contributed by atoms with van der Waals surface area (Å²) in [5.74, 6) is 1.62. The quantitative estimate of drug-likeness (QED) is 0.845. The summed E-state index contributed by atoms with van der Waals surface area (Å²) in [5, 5.41) is 0. The third-order valence-corrected chi connectivity index (χ3v) is 3.81. The Bertz CT molecular complexity index is 365. The Morgan fingerprint density at radius 3 is 2.82 bits per heavy atom. The smallest absolute Gasteiger partial charge is 0.119 e. The van der Waals surface area contributed by atoms with Crippen LogP contribution in [0.5, 0.6) is 5.75 Å². The average Bonchev–Trinajstić information content (AvgIpc) is 2.28. The van der Waals surface area contributed by atoms with Gasteiger partial charge in [0.2, 0.25) is 0 Å². The summed E-state index contributed by atoms with van der Waals surface area (Å²) < 4.78 is 5.24. The molecule has 3 nitrogen and oxygen atoms in total. The van der Waals surface area contributed by atoms with E-state index in [0.717, 1.165) is 18.8 Å². The first-order chi connectivity index (χ1) is 8.24.